The third-order valence-electron chi connectivity index (χ3n) is 4.01. The summed E-state index contributed by atoms with van der Waals surface area (Å²) >= 11 is 0. The van der Waals surface area contributed by atoms with Crippen LogP contribution in [0.4, 0.5) is 5.69 Å². The number of piperazine rings is 1. The minimum absolute atomic E-state index is 0.760. The lowest BCUT2D eigenvalue weighted by Crippen LogP contribution is -2.46. The first-order valence-electron chi connectivity index (χ1n) is 7.80. The Labute approximate surface area is 122 Å². The average molecular weight is 276 g/mol. The van der Waals surface area contributed by atoms with E-state index in [1.54, 1.807) is 0 Å². The van der Waals surface area contributed by atoms with Crippen molar-refractivity contribution in [1.29, 1.82) is 0 Å². The van der Waals surface area contributed by atoms with Crippen LogP contribution in [0.2, 0.25) is 0 Å². The van der Waals surface area contributed by atoms with Crippen LogP contribution in [0.25, 0.3) is 0 Å². The molecule has 0 amide bonds. The van der Waals surface area contributed by atoms with Gasteiger partial charge in [-0.3, -0.25) is 0 Å². The molecule has 0 radical (unpaired) electrons. The quantitative estimate of drug-likeness (QED) is 0.736. The van der Waals surface area contributed by atoms with E-state index < -0.39 is 0 Å². The van der Waals surface area contributed by atoms with Gasteiger partial charge in [0.15, 0.2) is 0 Å². The summed E-state index contributed by atoms with van der Waals surface area (Å²) in [6.07, 6.45) is 1.04. The first kappa shape index (κ1) is 15.3. The highest BCUT2D eigenvalue weighted by molar-refractivity contribution is 5.48. The predicted octanol–water partition coefficient (Wildman–Crippen LogP) is 1.27. The Morgan fingerprint density at radius 1 is 1.10 bits per heavy atom. The van der Waals surface area contributed by atoms with Crippen LogP contribution in [-0.4, -0.2) is 50.7 Å². The summed E-state index contributed by atoms with van der Waals surface area (Å²) in [7, 11) is 0. The molecule has 112 valence electrons. The van der Waals surface area contributed by atoms with Crippen molar-refractivity contribution < 1.29 is 0 Å². The van der Waals surface area contributed by atoms with E-state index in [0.29, 0.717) is 0 Å². The molecule has 0 spiro atoms. The van der Waals surface area contributed by atoms with Gasteiger partial charge in [0.1, 0.15) is 0 Å². The van der Waals surface area contributed by atoms with E-state index >= 15 is 0 Å². The van der Waals surface area contributed by atoms with Crippen molar-refractivity contribution in [2.75, 3.05) is 50.7 Å². The van der Waals surface area contributed by atoms with Gasteiger partial charge in [-0.1, -0.05) is 19.1 Å². The SMILES string of the molecule is CCN1CCN(c2ccc(CNCCCN)cc2)CC1. The van der Waals surface area contributed by atoms with E-state index in [1.807, 2.05) is 0 Å². The first-order valence-corrected chi connectivity index (χ1v) is 7.80. The zero-order valence-electron chi connectivity index (χ0n) is 12.6. The Morgan fingerprint density at radius 2 is 1.80 bits per heavy atom. The summed E-state index contributed by atoms with van der Waals surface area (Å²) in [4.78, 5) is 4.99. The van der Waals surface area contributed by atoms with Crippen molar-refractivity contribution in [2.45, 2.75) is 19.9 Å². The van der Waals surface area contributed by atoms with Crippen molar-refractivity contribution >= 4 is 5.69 Å². The van der Waals surface area contributed by atoms with Gasteiger partial charge in [-0.15, -0.1) is 0 Å². The zero-order chi connectivity index (χ0) is 14.2. The molecular formula is C16H28N4. The molecule has 1 saturated heterocycles. The van der Waals surface area contributed by atoms with E-state index in [9.17, 15) is 0 Å². The average Bonchev–Trinajstić information content (AvgIpc) is 2.52. The van der Waals surface area contributed by atoms with Gasteiger partial charge in [-0.25, -0.2) is 0 Å². The fraction of sp³-hybridized carbons (Fsp3) is 0.625. The van der Waals surface area contributed by atoms with E-state index in [-0.39, 0.29) is 0 Å². The summed E-state index contributed by atoms with van der Waals surface area (Å²) in [5, 5.41) is 3.41. The Balaban J connectivity index is 1.79. The maximum absolute atomic E-state index is 5.48. The molecule has 1 aromatic rings. The van der Waals surface area contributed by atoms with Crippen LogP contribution >= 0.6 is 0 Å². The number of nitrogens with two attached hydrogens (primary N) is 1. The molecule has 0 aromatic heterocycles. The number of likely N-dealkylation sites (N-methyl/N-ethyl adjacent to an activating group) is 1. The van der Waals surface area contributed by atoms with Gasteiger partial charge in [-0.05, 0) is 43.8 Å². The molecule has 1 fully saturated rings. The molecule has 0 atom stereocenters. The third kappa shape index (κ3) is 4.47. The topological polar surface area (TPSA) is 44.5 Å². The van der Waals surface area contributed by atoms with Crippen LogP contribution in [-0.2, 0) is 6.54 Å². The normalized spacial score (nSPS) is 16.6. The third-order valence-corrected chi connectivity index (χ3v) is 4.01. The molecule has 1 heterocycles. The predicted molar refractivity (Wildman–Crippen MR) is 86.1 cm³/mol. The van der Waals surface area contributed by atoms with Gasteiger partial charge >= 0.3 is 0 Å². The molecule has 1 aliphatic rings. The zero-order valence-corrected chi connectivity index (χ0v) is 12.6. The van der Waals surface area contributed by atoms with Crippen LogP contribution in [0.1, 0.15) is 18.9 Å². The molecule has 0 aliphatic carbocycles. The van der Waals surface area contributed by atoms with Gasteiger partial charge < -0.3 is 20.9 Å². The number of hydrogen-bond donors (Lipinski definition) is 2. The summed E-state index contributed by atoms with van der Waals surface area (Å²) in [5.74, 6) is 0. The van der Waals surface area contributed by atoms with Gasteiger partial charge in [-0.2, -0.15) is 0 Å². The fourth-order valence-corrected chi connectivity index (χ4v) is 2.61. The van der Waals surface area contributed by atoms with E-state index in [2.05, 4.69) is 46.3 Å². The van der Waals surface area contributed by atoms with Crippen molar-refractivity contribution in [2.24, 2.45) is 5.73 Å². The lowest BCUT2D eigenvalue weighted by atomic mass is 10.1. The lowest BCUT2D eigenvalue weighted by molar-refractivity contribution is 0.271. The van der Waals surface area contributed by atoms with E-state index in [1.165, 1.54) is 30.9 Å². The molecule has 20 heavy (non-hydrogen) atoms. The number of anilines is 1. The highest BCUT2D eigenvalue weighted by Crippen LogP contribution is 2.17. The highest BCUT2D eigenvalue weighted by Gasteiger charge is 2.15. The van der Waals surface area contributed by atoms with Crippen LogP contribution in [0.3, 0.4) is 0 Å². The fourth-order valence-electron chi connectivity index (χ4n) is 2.61. The highest BCUT2D eigenvalue weighted by atomic mass is 15.3. The van der Waals surface area contributed by atoms with Gasteiger partial charge in [0.25, 0.3) is 0 Å². The Kier molecular flexibility index (Phi) is 6.30. The molecular weight excluding hydrogens is 248 g/mol. The molecule has 1 aromatic carbocycles. The second-order valence-corrected chi connectivity index (χ2v) is 5.41. The summed E-state index contributed by atoms with van der Waals surface area (Å²) in [6.45, 7) is 10.7. The van der Waals surface area contributed by atoms with Crippen molar-refractivity contribution in [3.05, 3.63) is 29.8 Å². The molecule has 4 heteroatoms. The van der Waals surface area contributed by atoms with Gasteiger partial charge in [0.05, 0.1) is 0 Å². The maximum atomic E-state index is 5.48. The van der Waals surface area contributed by atoms with Crippen LogP contribution in [0.15, 0.2) is 24.3 Å². The smallest absolute Gasteiger partial charge is 0.0367 e. The van der Waals surface area contributed by atoms with Crippen molar-refractivity contribution in [1.82, 2.24) is 10.2 Å². The second kappa shape index (κ2) is 8.25. The first-order chi connectivity index (χ1) is 9.83. The molecule has 0 bridgehead atoms. The Morgan fingerprint density at radius 3 is 2.40 bits per heavy atom. The summed E-state index contributed by atoms with van der Waals surface area (Å²) in [6, 6.07) is 8.97. The van der Waals surface area contributed by atoms with Crippen LogP contribution in [0.5, 0.6) is 0 Å². The van der Waals surface area contributed by atoms with Crippen molar-refractivity contribution in [3.8, 4) is 0 Å². The van der Waals surface area contributed by atoms with Crippen LogP contribution < -0.4 is 16.0 Å². The molecule has 0 saturated carbocycles. The number of nitrogens with one attached hydrogen (secondary N) is 1. The summed E-state index contributed by atoms with van der Waals surface area (Å²) in [5.41, 5.74) is 8.18. The monoisotopic (exact) mass is 276 g/mol. The number of nitrogens with zero attached hydrogens (tertiary/aromatic N) is 2. The molecule has 0 unspecified atom stereocenters. The molecule has 2 rings (SSSR count). The molecule has 3 N–H and O–H groups in total. The molecule has 4 nitrogen and oxygen atoms in total. The number of hydrogen-bond acceptors (Lipinski definition) is 4. The Hall–Kier alpha value is -1.10. The van der Waals surface area contributed by atoms with Crippen LogP contribution in [0, 0.1) is 0 Å². The standard InChI is InChI=1S/C16H28N4/c1-2-19-10-12-20(13-11-19)16-6-4-15(5-7-16)14-18-9-3-8-17/h4-7,18H,2-3,8-14,17H2,1H3. The maximum Gasteiger partial charge on any atom is 0.0367 e. The molecule has 1 aliphatic heterocycles. The largest absolute Gasteiger partial charge is 0.369 e. The van der Waals surface area contributed by atoms with E-state index in [4.69, 9.17) is 5.73 Å². The Bertz CT molecular complexity index is 369. The number of rotatable bonds is 7. The van der Waals surface area contributed by atoms with E-state index in [0.717, 1.165) is 39.1 Å². The van der Waals surface area contributed by atoms with Gasteiger partial charge in [0.2, 0.25) is 0 Å². The van der Waals surface area contributed by atoms with Crippen molar-refractivity contribution in [3.63, 3.8) is 0 Å². The summed E-state index contributed by atoms with van der Waals surface area (Å²) < 4.78 is 0. The minimum atomic E-state index is 0.760. The minimum Gasteiger partial charge on any atom is -0.369 e. The second-order valence-electron chi connectivity index (χ2n) is 5.41. The number of benzene rings is 1. The van der Waals surface area contributed by atoms with Gasteiger partial charge in [0, 0.05) is 38.4 Å². The lowest BCUT2D eigenvalue weighted by Gasteiger charge is -2.35.